The number of hydrogen-bond acceptors (Lipinski definition) is 1. The van der Waals surface area contributed by atoms with Gasteiger partial charge < -0.3 is 0 Å². The standard InChI is InChI=1S/C7H15F2N/c1-6(2)5-7(8,9)10(3)4/h6H,5H2,1-4H3. The Bertz CT molecular complexity index is 99.8. The van der Waals surface area contributed by atoms with Crippen molar-refractivity contribution < 1.29 is 8.78 Å². The molecule has 0 fully saturated rings. The molecule has 0 aliphatic carbocycles. The first-order valence-corrected chi connectivity index (χ1v) is 3.41. The topological polar surface area (TPSA) is 3.24 Å². The van der Waals surface area contributed by atoms with Crippen LogP contribution in [0.4, 0.5) is 8.78 Å². The molecule has 0 unspecified atom stereocenters. The molecule has 3 heteroatoms. The molecule has 0 rings (SSSR count). The maximum Gasteiger partial charge on any atom is 0.304 e. The van der Waals surface area contributed by atoms with Crippen LogP contribution in [0.3, 0.4) is 0 Å². The second-order valence-electron chi connectivity index (χ2n) is 3.16. The van der Waals surface area contributed by atoms with Gasteiger partial charge in [0.05, 0.1) is 0 Å². The van der Waals surface area contributed by atoms with Crippen molar-refractivity contribution in [3.63, 3.8) is 0 Å². The molecule has 0 aromatic rings. The fourth-order valence-electron chi connectivity index (χ4n) is 0.674. The van der Waals surface area contributed by atoms with Crippen molar-refractivity contribution in [1.29, 1.82) is 0 Å². The highest BCUT2D eigenvalue weighted by molar-refractivity contribution is 4.63. The van der Waals surface area contributed by atoms with Crippen LogP contribution in [-0.2, 0) is 0 Å². The molecule has 0 saturated heterocycles. The molecular weight excluding hydrogens is 136 g/mol. The van der Waals surface area contributed by atoms with Gasteiger partial charge in [-0.2, -0.15) is 8.78 Å². The second kappa shape index (κ2) is 3.28. The molecule has 0 N–H and O–H groups in total. The molecule has 0 heterocycles. The highest BCUT2D eigenvalue weighted by Crippen LogP contribution is 2.24. The van der Waals surface area contributed by atoms with E-state index in [0.29, 0.717) is 0 Å². The molecule has 0 radical (unpaired) electrons. The van der Waals surface area contributed by atoms with Crippen LogP contribution in [0, 0.1) is 5.92 Å². The maximum atomic E-state index is 12.7. The van der Waals surface area contributed by atoms with Crippen LogP contribution >= 0.6 is 0 Å². The minimum Gasteiger partial charge on any atom is -0.251 e. The highest BCUT2D eigenvalue weighted by Gasteiger charge is 2.31. The van der Waals surface area contributed by atoms with Crippen molar-refractivity contribution in [3.8, 4) is 0 Å². The Kier molecular flexibility index (Phi) is 3.22. The monoisotopic (exact) mass is 151 g/mol. The number of nitrogens with zero attached hydrogens (tertiary/aromatic N) is 1. The van der Waals surface area contributed by atoms with Crippen LogP contribution < -0.4 is 0 Å². The molecular formula is C7H15F2N. The van der Waals surface area contributed by atoms with Crippen LogP contribution in [0.1, 0.15) is 20.3 Å². The lowest BCUT2D eigenvalue weighted by Crippen LogP contribution is -2.36. The Morgan fingerprint density at radius 3 is 1.80 bits per heavy atom. The number of halogens is 2. The minimum atomic E-state index is -2.64. The third kappa shape index (κ3) is 3.11. The van der Waals surface area contributed by atoms with E-state index in [9.17, 15) is 8.78 Å². The minimum absolute atomic E-state index is 0.0393. The van der Waals surface area contributed by atoms with Crippen molar-refractivity contribution in [1.82, 2.24) is 4.90 Å². The second-order valence-corrected chi connectivity index (χ2v) is 3.16. The lowest BCUT2D eigenvalue weighted by atomic mass is 10.1. The quantitative estimate of drug-likeness (QED) is 0.559. The van der Waals surface area contributed by atoms with Gasteiger partial charge in [0.2, 0.25) is 0 Å². The lowest BCUT2D eigenvalue weighted by molar-refractivity contribution is -0.134. The van der Waals surface area contributed by atoms with E-state index in [2.05, 4.69) is 0 Å². The summed E-state index contributed by atoms with van der Waals surface area (Å²) in [6, 6.07) is -2.64. The summed E-state index contributed by atoms with van der Waals surface area (Å²) in [5, 5.41) is 0. The van der Waals surface area contributed by atoms with Crippen molar-refractivity contribution >= 4 is 0 Å². The van der Waals surface area contributed by atoms with Gasteiger partial charge in [0.1, 0.15) is 0 Å². The van der Waals surface area contributed by atoms with Crippen LogP contribution in [-0.4, -0.2) is 25.0 Å². The van der Waals surface area contributed by atoms with Crippen molar-refractivity contribution in [2.24, 2.45) is 5.92 Å². The zero-order valence-corrected chi connectivity index (χ0v) is 6.99. The third-order valence-corrected chi connectivity index (χ3v) is 1.31. The summed E-state index contributed by atoms with van der Waals surface area (Å²) in [4.78, 5) is 0.951. The summed E-state index contributed by atoms with van der Waals surface area (Å²) in [7, 11) is 2.78. The van der Waals surface area contributed by atoms with Gasteiger partial charge in [0.25, 0.3) is 0 Å². The van der Waals surface area contributed by atoms with Crippen molar-refractivity contribution in [2.45, 2.75) is 26.3 Å². The molecule has 10 heavy (non-hydrogen) atoms. The average molecular weight is 151 g/mol. The molecule has 0 saturated carbocycles. The maximum absolute atomic E-state index is 12.7. The predicted molar refractivity (Wildman–Crippen MR) is 38.1 cm³/mol. The van der Waals surface area contributed by atoms with Gasteiger partial charge in [-0.15, -0.1) is 0 Å². The first-order chi connectivity index (χ1) is 4.36. The normalized spacial score (nSPS) is 13.2. The Morgan fingerprint density at radius 2 is 1.70 bits per heavy atom. The summed E-state index contributed by atoms with van der Waals surface area (Å²) in [6.07, 6.45) is -0.0694. The molecule has 1 nitrogen and oxygen atoms in total. The van der Waals surface area contributed by atoms with Gasteiger partial charge in [-0.25, -0.2) is 0 Å². The molecule has 0 aromatic heterocycles. The predicted octanol–water partition coefficient (Wildman–Crippen LogP) is 2.19. The summed E-state index contributed by atoms with van der Waals surface area (Å²) in [5.41, 5.74) is 0. The SMILES string of the molecule is CC(C)CC(F)(F)N(C)C. The zero-order valence-electron chi connectivity index (χ0n) is 6.99. The molecule has 0 aromatic carbocycles. The molecule has 0 bridgehead atoms. The number of hydrogen-bond donors (Lipinski definition) is 0. The van der Waals surface area contributed by atoms with Crippen LogP contribution in [0.15, 0.2) is 0 Å². The van der Waals surface area contributed by atoms with E-state index in [0.717, 1.165) is 4.90 Å². The van der Waals surface area contributed by atoms with Crippen LogP contribution in [0.25, 0.3) is 0 Å². The Labute approximate surface area is 61.0 Å². The average Bonchev–Trinajstić information content (AvgIpc) is 1.60. The Morgan fingerprint density at radius 1 is 1.30 bits per heavy atom. The summed E-state index contributed by atoms with van der Waals surface area (Å²) in [5.74, 6) is 0.0393. The van der Waals surface area contributed by atoms with Gasteiger partial charge in [0.15, 0.2) is 0 Å². The molecule has 0 amide bonds. The first-order valence-electron chi connectivity index (χ1n) is 3.41. The summed E-state index contributed by atoms with van der Waals surface area (Å²) in [6.45, 7) is 3.58. The van der Waals surface area contributed by atoms with Crippen LogP contribution in [0.5, 0.6) is 0 Å². The molecule has 62 valence electrons. The van der Waals surface area contributed by atoms with E-state index in [1.54, 1.807) is 13.8 Å². The molecule has 0 aliphatic heterocycles. The smallest absolute Gasteiger partial charge is 0.251 e. The van der Waals surface area contributed by atoms with Gasteiger partial charge >= 0.3 is 6.05 Å². The van der Waals surface area contributed by atoms with Gasteiger partial charge in [-0.3, -0.25) is 4.90 Å². The van der Waals surface area contributed by atoms with Gasteiger partial charge in [0, 0.05) is 6.42 Å². The van der Waals surface area contributed by atoms with Crippen LogP contribution in [0.2, 0.25) is 0 Å². The highest BCUT2D eigenvalue weighted by atomic mass is 19.3. The summed E-state index contributed by atoms with van der Waals surface area (Å²) >= 11 is 0. The summed E-state index contributed by atoms with van der Waals surface area (Å²) < 4.78 is 25.4. The van der Waals surface area contributed by atoms with Gasteiger partial charge in [-0.05, 0) is 20.0 Å². The van der Waals surface area contributed by atoms with E-state index < -0.39 is 6.05 Å². The molecule has 0 aliphatic rings. The fraction of sp³-hybridized carbons (Fsp3) is 1.00. The molecule has 0 atom stereocenters. The zero-order chi connectivity index (χ0) is 8.36. The fourth-order valence-corrected chi connectivity index (χ4v) is 0.674. The van der Waals surface area contributed by atoms with Gasteiger partial charge in [-0.1, -0.05) is 13.8 Å². The number of alkyl halides is 2. The lowest BCUT2D eigenvalue weighted by Gasteiger charge is -2.24. The largest absolute Gasteiger partial charge is 0.304 e. The van der Waals surface area contributed by atoms with E-state index in [1.165, 1.54) is 14.1 Å². The first kappa shape index (κ1) is 9.82. The Hall–Kier alpha value is -0.180. The Balaban J connectivity index is 3.87. The van der Waals surface area contributed by atoms with E-state index in [1.807, 2.05) is 0 Å². The van der Waals surface area contributed by atoms with E-state index in [4.69, 9.17) is 0 Å². The van der Waals surface area contributed by atoms with E-state index >= 15 is 0 Å². The van der Waals surface area contributed by atoms with E-state index in [-0.39, 0.29) is 12.3 Å². The molecule has 0 spiro atoms. The van der Waals surface area contributed by atoms with Crippen molar-refractivity contribution in [2.75, 3.05) is 14.1 Å². The van der Waals surface area contributed by atoms with Crippen molar-refractivity contribution in [3.05, 3.63) is 0 Å². The third-order valence-electron chi connectivity index (χ3n) is 1.31. The number of rotatable bonds is 3.